The van der Waals surface area contributed by atoms with Gasteiger partial charge in [0.25, 0.3) is 0 Å². The number of nitrogens with zero attached hydrogens (tertiary/aromatic N) is 4. The molecule has 0 aliphatic heterocycles. The Morgan fingerprint density at radius 3 is 2.76 bits per heavy atom. The molecule has 138 valence electrons. The standard InChI is InChI=1S/C17H28N6OS/c1-12-7-8-15(24-12)13(2)20-17(18-9-6-10-25-5)19-11-16-22-21-14(3)23(16)4/h7-8,13H,6,9-11H2,1-5H3,(H2,18,19,20). The topological polar surface area (TPSA) is 80.3 Å². The van der Waals surface area contributed by atoms with Crippen LogP contribution in [0.4, 0.5) is 0 Å². The molecule has 8 heteroatoms. The van der Waals surface area contributed by atoms with Gasteiger partial charge in [-0.05, 0) is 51.3 Å². The van der Waals surface area contributed by atoms with Crippen LogP contribution in [0.15, 0.2) is 21.5 Å². The monoisotopic (exact) mass is 364 g/mol. The van der Waals surface area contributed by atoms with Crippen LogP contribution in [0.25, 0.3) is 0 Å². The van der Waals surface area contributed by atoms with Crippen molar-refractivity contribution in [3.05, 3.63) is 35.3 Å². The Morgan fingerprint density at radius 2 is 2.16 bits per heavy atom. The zero-order valence-electron chi connectivity index (χ0n) is 15.7. The van der Waals surface area contributed by atoms with E-state index >= 15 is 0 Å². The Kier molecular flexibility index (Phi) is 7.36. The molecule has 7 nitrogen and oxygen atoms in total. The lowest BCUT2D eigenvalue weighted by Gasteiger charge is -2.17. The molecular weight excluding hydrogens is 336 g/mol. The zero-order valence-corrected chi connectivity index (χ0v) is 16.5. The zero-order chi connectivity index (χ0) is 18.2. The summed E-state index contributed by atoms with van der Waals surface area (Å²) < 4.78 is 7.65. The molecule has 2 rings (SSSR count). The molecule has 0 aromatic carbocycles. The van der Waals surface area contributed by atoms with E-state index in [4.69, 9.17) is 4.42 Å². The fraction of sp³-hybridized carbons (Fsp3) is 0.588. The number of hydrogen-bond donors (Lipinski definition) is 2. The number of aryl methyl sites for hydroxylation is 2. The second-order valence-electron chi connectivity index (χ2n) is 5.97. The van der Waals surface area contributed by atoms with Gasteiger partial charge in [0.1, 0.15) is 23.9 Å². The number of guanidine groups is 1. The summed E-state index contributed by atoms with van der Waals surface area (Å²) in [5.74, 6) is 5.39. The van der Waals surface area contributed by atoms with Crippen molar-refractivity contribution in [1.82, 2.24) is 25.4 Å². The van der Waals surface area contributed by atoms with Crippen LogP contribution in [0, 0.1) is 13.8 Å². The van der Waals surface area contributed by atoms with Crippen molar-refractivity contribution < 1.29 is 4.42 Å². The number of aromatic nitrogens is 3. The molecule has 1 atom stereocenters. The molecular formula is C17H28N6OS. The molecule has 2 aromatic heterocycles. The van der Waals surface area contributed by atoms with E-state index in [2.05, 4.69) is 39.0 Å². The minimum atomic E-state index is 0.0294. The average molecular weight is 365 g/mol. The lowest BCUT2D eigenvalue weighted by molar-refractivity contribution is 0.441. The summed E-state index contributed by atoms with van der Waals surface area (Å²) in [4.78, 5) is 4.66. The van der Waals surface area contributed by atoms with Crippen LogP contribution < -0.4 is 10.6 Å². The quantitative estimate of drug-likeness (QED) is 0.426. The summed E-state index contributed by atoms with van der Waals surface area (Å²) in [6, 6.07) is 3.99. The lowest BCUT2D eigenvalue weighted by Crippen LogP contribution is -2.39. The van der Waals surface area contributed by atoms with Gasteiger partial charge in [0, 0.05) is 13.6 Å². The Bertz CT molecular complexity index is 693. The van der Waals surface area contributed by atoms with Crippen LogP contribution in [0.2, 0.25) is 0 Å². The summed E-state index contributed by atoms with van der Waals surface area (Å²) in [7, 11) is 1.95. The predicted octanol–water partition coefficient (Wildman–Crippen LogP) is 2.57. The highest BCUT2D eigenvalue weighted by atomic mass is 32.2. The van der Waals surface area contributed by atoms with Crippen LogP contribution in [0.1, 0.15) is 42.6 Å². The average Bonchev–Trinajstić information content (AvgIpc) is 3.16. The number of aliphatic imine (C=N–C) groups is 1. The second kappa shape index (κ2) is 9.50. The van der Waals surface area contributed by atoms with Gasteiger partial charge in [-0.2, -0.15) is 11.8 Å². The molecule has 0 spiro atoms. The van der Waals surface area contributed by atoms with Gasteiger partial charge in [0.2, 0.25) is 0 Å². The first-order valence-electron chi connectivity index (χ1n) is 8.46. The van der Waals surface area contributed by atoms with Crippen molar-refractivity contribution in [2.24, 2.45) is 12.0 Å². The minimum absolute atomic E-state index is 0.0294. The first-order chi connectivity index (χ1) is 12.0. The van der Waals surface area contributed by atoms with Crippen molar-refractivity contribution in [3.8, 4) is 0 Å². The van der Waals surface area contributed by atoms with Gasteiger partial charge in [-0.25, -0.2) is 4.99 Å². The molecule has 0 fully saturated rings. The van der Waals surface area contributed by atoms with E-state index in [0.717, 1.165) is 47.8 Å². The van der Waals surface area contributed by atoms with Crippen LogP contribution in [0.5, 0.6) is 0 Å². The Morgan fingerprint density at radius 1 is 1.36 bits per heavy atom. The van der Waals surface area contributed by atoms with Gasteiger partial charge in [0.15, 0.2) is 11.8 Å². The van der Waals surface area contributed by atoms with E-state index in [9.17, 15) is 0 Å². The molecule has 2 heterocycles. The number of rotatable bonds is 8. The van der Waals surface area contributed by atoms with E-state index in [1.165, 1.54) is 0 Å². The molecule has 1 unspecified atom stereocenters. The molecule has 0 aliphatic carbocycles. The van der Waals surface area contributed by atoms with Gasteiger partial charge in [-0.3, -0.25) is 0 Å². The van der Waals surface area contributed by atoms with Crippen molar-refractivity contribution in [3.63, 3.8) is 0 Å². The smallest absolute Gasteiger partial charge is 0.192 e. The third-order valence-electron chi connectivity index (χ3n) is 3.92. The molecule has 0 aliphatic rings. The van der Waals surface area contributed by atoms with E-state index in [1.807, 2.05) is 49.4 Å². The highest BCUT2D eigenvalue weighted by molar-refractivity contribution is 7.98. The van der Waals surface area contributed by atoms with Crippen molar-refractivity contribution in [2.75, 3.05) is 18.6 Å². The molecule has 0 amide bonds. The molecule has 0 bridgehead atoms. The first-order valence-corrected chi connectivity index (χ1v) is 9.85. The van der Waals surface area contributed by atoms with Gasteiger partial charge in [-0.15, -0.1) is 10.2 Å². The molecule has 2 aromatic rings. The van der Waals surface area contributed by atoms with Crippen molar-refractivity contribution in [2.45, 2.75) is 39.8 Å². The Labute approximate surface area is 153 Å². The number of hydrogen-bond acceptors (Lipinski definition) is 5. The summed E-state index contributed by atoms with van der Waals surface area (Å²) in [5.41, 5.74) is 0. The van der Waals surface area contributed by atoms with E-state index in [-0.39, 0.29) is 6.04 Å². The maximum Gasteiger partial charge on any atom is 0.192 e. The summed E-state index contributed by atoms with van der Waals surface area (Å²) in [5, 5.41) is 15.0. The predicted molar refractivity (Wildman–Crippen MR) is 103 cm³/mol. The number of nitrogens with one attached hydrogen (secondary N) is 2. The van der Waals surface area contributed by atoms with Gasteiger partial charge >= 0.3 is 0 Å². The number of thioether (sulfide) groups is 1. The highest BCUT2D eigenvalue weighted by Crippen LogP contribution is 2.15. The normalized spacial score (nSPS) is 13.1. The molecule has 25 heavy (non-hydrogen) atoms. The van der Waals surface area contributed by atoms with Gasteiger partial charge < -0.3 is 19.6 Å². The summed E-state index contributed by atoms with van der Waals surface area (Å²) in [6.07, 6.45) is 3.20. The van der Waals surface area contributed by atoms with Crippen molar-refractivity contribution >= 4 is 17.7 Å². The van der Waals surface area contributed by atoms with E-state index in [1.54, 1.807) is 0 Å². The minimum Gasteiger partial charge on any atom is -0.464 e. The fourth-order valence-corrected chi connectivity index (χ4v) is 2.71. The number of furan rings is 1. The van der Waals surface area contributed by atoms with E-state index < -0.39 is 0 Å². The lowest BCUT2D eigenvalue weighted by atomic mass is 10.2. The fourth-order valence-electron chi connectivity index (χ4n) is 2.28. The third-order valence-corrected chi connectivity index (χ3v) is 4.62. The largest absolute Gasteiger partial charge is 0.464 e. The maximum atomic E-state index is 5.70. The SMILES string of the molecule is CSCCCNC(=NCc1nnc(C)n1C)NC(C)c1ccc(C)o1. The van der Waals surface area contributed by atoms with Crippen LogP contribution in [0.3, 0.4) is 0 Å². The van der Waals surface area contributed by atoms with Gasteiger partial charge in [-0.1, -0.05) is 0 Å². The van der Waals surface area contributed by atoms with Crippen molar-refractivity contribution in [1.29, 1.82) is 0 Å². The second-order valence-corrected chi connectivity index (χ2v) is 6.96. The van der Waals surface area contributed by atoms with Crippen LogP contribution in [-0.2, 0) is 13.6 Å². The summed E-state index contributed by atoms with van der Waals surface area (Å²) in [6.45, 7) is 7.28. The maximum absolute atomic E-state index is 5.70. The first kappa shape index (κ1) is 19.4. The molecule has 0 saturated carbocycles. The molecule has 2 N–H and O–H groups in total. The van der Waals surface area contributed by atoms with Gasteiger partial charge in [0.05, 0.1) is 6.04 Å². The van der Waals surface area contributed by atoms with Crippen LogP contribution in [-0.4, -0.2) is 39.3 Å². The molecule has 0 radical (unpaired) electrons. The summed E-state index contributed by atoms with van der Waals surface area (Å²) >= 11 is 1.84. The van der Waals surface area contributed by atoms with Crippen LogP contribution >= 0.6 is 11.8 Å². The highest BCUT2D eigenvalue weighted by Gasteiger charge is 2.12. The third kappa shape index (κ3) is 5.81. The Balaban J connectivity index is 2.03. The Hall–Kier alpha value is -1.96. The molecule has 0 saturated heterocycles. The van der Waals surface area contributed by atoms with E-state index in [0.29, 0.717) is 6.54 Å².